The van der Waals surface area contributed by atoms with Gasteiger partial charge in [0.1, 0.15) is 11.4 Å². The van der Waals surface area contributed by atoms with E-state index in [9.17, 15) is 19.1 Å². The Morgan fingerprint density at radius 1 is 1.12 bits per heavy atom. The molecule has 1 N–H and O–H groups in total. The Labute approximate surface area is 148 Å². The summed E-state index contributed by atoms with van der Waals surface area (Å²) in [6.07, 6.45) is 1.55. The third kappa shape index (κ3) is 2.83. The maximum Gasteiger partial charge on any atom is 0.308 e. The number of aliphatic carboxylic acids is 1. The molecule has 1 aromatic heterocycles. The number of rotatable bonds is 3. The Balaban J connectivity index is 1.62. The molecule has 0 bridgehead atoms. The van der Waals surface area contributed by atoms with Crippen LogP contribution in [0.3, 0.4) is 0 Å². The zero-order valence-corrected chi connectivity index (χ0v) is 13.8. The molecule has 5 nitrogen and oxygen atoms in total. The molecule has 1 aliphatic rings. The molecule has 1 fully saturated rings. The fourth-order valence-electron chi connectivity index (χ4n) is 3.58. The Bertz CT molecular complexity index is 996. The van der Waals surface area contributed by atoms with Crippen molar-refractivity contribution in [3.63, 3.8) is 0 Å². The molecule has 0 aliphatic carbocycles. The number of fused-ring (bicyclic) bond motifs is 1. The van der Waals surface area contributed by atoms with Crippen LogP contribution >= 0.6 is 0 Å². The Kier molecular flexibility index (Phi) is 3.95. The Morgan fingerprint density at radius 3 is 2.73 bits per heavy atom. The summed E-state index contributed by atoms with van der Waals surface area (Å²) >= 11 is 0. The summed E-state index contributed by atoms with van der Waals surface area (Å²) in [5.41, 5.74) is 1.75. The highest BCUT2D eigenvalue weighted by atomic mass is 19.1. The van der Waals surface area contributed by atoms with E-state index in [2.05, 4.69) is 0 Å². The first-order valence-corrected chi connectivity index (χ1v) is 8.28. The molecular formula is C20H16FNO4. The smallest absolute Gasteiger partial charge is 0.308 e. The molecule has 6 heteroatoms. The maximum absolute atomic E-state index is 13.6. The van der Waals surface area contributed by atoms with Crippen molar-refractivity contribution in [2.45, 2.75) is 5.92 Å². The lowest BCUT2D eigenvalue weighted by molar-refractivity contribution is -0.141. The molecule has 132 valence electrons. The van der Waals surface area contributed by atoms with Crippen molar-refractivity contribution in [3.05, 3.63) is 71.7 Å². The first kappa shape index (κ1) is 16.3. The standard InChI is InChI=1S/C20H16FNO4/c21-15-3-1-2-12(9-15)16-10-22(11-17(16)20(24)25)19(23)14-4-5-18-13(8-14)6-7-26-18/h1-9,16-17H,10-11H2,(H,24,25). The van der Waals surface area contributed by atoms with Gasteiger partial charge in [0.2, 0.25) is 0 Å². The van der Waals surface area contributed by atoms with E-state index in [1.165, 1.54) is 17.0 Å². The fraction of sp³-hybridized carbons (Fsp3) is 0.200. The van der Waals surface area contributed by atoms with Crippen LogP contribution in [0.5, 0.6) is 0 Å². The number of amides is 1. The lowest BCUT2D eigenvalue weighted by Crippen LogP contribution is -2.29. The highest BCUT2D eigenvalue weighted by Crippen LogP contribution is 2.34. The second kappa shape index (κ2) is 6.29. The van der Waals surface area contributed by atoms with Crippen molar-refractivity contribution in [2.24, 2.45) is 5.92 Å². The normalized spacial score (nSPS) is 19.8. The van der Waals surface area contributed by atoms with Crippen LogP contribution in [-0.2, 0) is 4.79 Å². The van der Waals surface area contributed by atoms with Crippen LogP contribution in [0, 0.1) is 11.7 Å². The molecule has 4 rings (SSSR count). The Hall–Kier alpha value is -3.15. The molecule has 1 saturated heterocycles. The van der Waals surface area contributed by atoms with Crippen LogP contribution in [0.4, 0.5) is 4.39 Å². The zero-order valence-electron chi connectivity index (χ0n) is 13.8. The second-order valence-corrected chi connectivity index (χ2v) is 6.49. The first-order valence-electron chi connectivity index (χ1n) is 8.28. The van der Waals surface area contributed by atoms with E-state index >= 15 is 0 Å². The number of furan rings is 1. The average molecular weight is 353 g/mol. The van der Waals surface area contributed by atoms with E-state index in [1.807, 2.05) is 0 Å². The molecule has 0 saturated carbocycles. The number of nitrogens with zero attached hydrogens (tertiary/aromatic N) is 1. The number of hydrogen-bond donors (Lipinski definition) is 1. The van der Waals surface area contributed by atoms with Crippen molar-refractivity contribution in [1.29, 1.82) is 0 Å². The van der Waals surface area contributed by atoms with E-state index in [4.69, 9.17) is 4.42 Å². The van der Waals surface area contributed by atoms with Crippen LogP contribution in [0.15, 0.2) is 59.2 Å². The van der Waals surface area contributed by atoms with Gasteiger partial charge >= 0.3 is 5.97 Å². The van der Waals surface area contributed by atoms with Gasteiger partial charge in [-0.3, -0.25) is 9.59 Å². The summed E-state index contributed by atoms with van der Waals surface area (Å²) in [4.78, 5) is 26.0. The molecule has 1 aliphatic heterocycles. The van der Waals surface area contributed by atoms with Crippen molar-refractivity contribution < 1.29 is 23.5 Å². The van der Waals surface area contributed by atoms with Crippen LogP contribution in [0.1, 0.15) is 21.8 Å². The molecular weight excluding hydrogens is 337 g/mol. The highest BCUT2D eigenvalue weighted by Gasteiger charge is 2.40. The van der Waals surface area contributed by atoms with Crippen molar-refractivity contribution >= 4 is 22.8 Å². The summed E-state index contributed by atoms with van der Waals surface area (Å²) in [7, 11) is 0. The lowest BCUT2D eigenvalue weighted by atomic mass is 9.89. The SMILES string of the molecule is O=C(O)C1CN(C(=O)c2ccc3occc3c2)CC1c1cccc(F)c1. The van der Waals surface area contributed by atoms with Gasteiger partial charge < -0.3 is 14.4 Å². The molecule has 0 spiro atoms. The van der Waals surface area contributed by atoms with Gasteiger partial charge in [0.15, 0.2) is 0 Å². The van der Waals surface area contributed by atoms with Gasteiger partial charge in [-0.05, 0) is 42.0 Å². The van der Waals surface area contributed by atoms with Crippen molar-refractivity contribution in [3.8, 4) is 0 Å². The van der Waals surface area contributed by atoms with Gasteiger partial charge in [-0.15, -0.1) is 0 Å². The van der Waals surface area contributed by atoms with E-state index in [0.29, 0.717) is 16.7 Å². The Morgan fingerprint density at radius 2 is 1.96 bits per heavy atom. The number of carboxylic acids is 1. The largest absolute Gasteiger partial charge is 0.481 e. The second-order valence-electron chi connectivity index (χ2n) is 6.49. The van der Waals surface area contributed by atoms with Gasteiger partial charge in [-0.25, -0.2) is 4.39 Å². The first-order chi connectivity index (χ1) is 12.5. The minimum atomic E-state index is -0.986. The summed E-state index contributed by atoms with van der Waals surface area (Å²) < 4.78 is 18.8. The number of hydrogen-bond acceptors (Lipinski definition) is 3. The lowest BCUT2D eigenvalue weighted by Gasteiger charge is -2.16. The van der Waals surface area contributed by atoms with E-state index < -0.39 is 23.6 Å². The monoisotopic (exact) mass is 353 g/mol. The van der Waals surface area contributed by atoms with E-state index in [1.54, 1.807) is 42.7 Å². The fourth-order valence-corrected chi connectivity index (χ4v) is 3.58. The van der Waals surface area contributed by atoms with Crippen LogP contribution < -0.4 is 0 Å². The molecule has 2 unspecified atom stereocenters. The van der Waals surface area contributed by atoms with Gasteiger partial charge in [-0.2, -0.15) is 0 Å². The van der Waals surface area contributed by atoms with Crippen molar-refractivity contribution in [1.82, 2.24) is 4.90 Å². The molecule has 0 radical (unpaired) electrons. The van der Waals surface area contributed by atoms with Crippen LogP contribution in [0.2, 0.25) is 0 Å². The minimum absolute atomic E-state index is 0.0960. The van der Waals surface area contributed by atoms with Crippen molar-refractivity contribution in [2.75, 3.05) is 13.1 Å². The van der Waals surface area contributed by atoms with E-state index in [-0.39, 0.29) is 19.0 Å². The number of carbonyl (C=O) groups excluding carboxylic acids is 1. The quantitative estimate of drug-likeness (QED) is 0.782. The van der Waals surface area contributed by atoms with E-state index in [0.717, 1.165) is 5.39 Å². The minimum Gasteiger partial charge on any atom is -0.481 e. The number of likely N-dealkylation sites (tertiary alicyclic amines) is 1. The summed E-state index contributed by atoms with van der Waals surface area (Å²) in [6, 6.07) is 12.8. The summed E-state index contributed by atoms with van der Waals surface area (Å²) in [5.74, 6) is -2.84. The molecule has 1 amide bonds. The third-order valence-corrected chi connectivity index (χ3v) is 4.90. The average Bonchev–Trinajstić information content (AvgIpc) is 3.27. The van der Waals surface area contributed by atoms with Gasteiger partial charge in [0.05, 0.1) is 12.2 Å². The maximum atomic E-state index is 13.6. The topological polar surface area (TPSA) is 70.8 Å². The summed E-state index contributed by atoms with van der Waals surface area (Å²) in [5, 5.41) is 10.4. The molecule has 2 heterocycles. The number of benzene rings is 2. The predicted octanol–water partition coefficient (Wildman–Crippen LogP) is 3.51. The molecule has 26 heavy (non-hydrogen) atoms. The van der Waals surface area contributed by atoms with Gasteiger partial charge in [-0.1, -0.05) is 12.1 Å². The number of carboxylic acid groups (broad SMARTS) is 1. The highest BCUT2D eigenvalue weighted by molar-refractivity contribution is 5.98. The van der Waals surface area contributed by atoms with Crippen LogP contribution in [0.25, 0.3) is 11.0 Å². The third-order valence-electron chi connectivity index (χ3n) is 4.90. The molecule has 2 aromatic carbocycles. The molecule has 3 aromatic rings. The van der Waals surface area contributed by atoms with Gasteiger partial charge in [0.25, 0.3) is 5.91 Å². The zero-order chi connectivity index (χ0) is 18.3. The number of carbonyl (C=O) groups is 2. The summed E-state index contributed by atoms with van der Waals surface area (Å²) in [6.45, 7) is 0.335. The van der Waals surface area contributed by atoms with Crippen LogP contribution in [-0.4, -0.2) is 35.0 Å². The van der Waals surface area contributed by atoms with Gasteiger partial charge in [0, 0.05) is 30.0 Å². The number of halogens is 1. The predicted molar refractivity (Wildman–Crippen MR) is 92.4 cm³/mol. The molecule has 2 atom stereocenters.